The van der Waals surface area contributed by atoms with Gasteiger partial charge in [-0.3, -0.25) is 19.5 Å². The number of β-amino-alcohol motifs (C(OH)–C–C–N with tert-alkyl or cyclic N) is 1. The number of likely N-dealkylation sites (tertiary alicyclic amines) is 1. The van der Waals surface area contributed by atoms with E-state index in [0.717, 1.165) is 36.0 Å². The van der Waals surface area contributed by atoms with Gasteiger partial charge in [0.25, 0.3) is 15.9 Å². The molecule has 2 atom stereocenters. The Bertz CT molecular complexity index is 1950. The highest BCUT2D eigenvalue weighted by Gasteiger charge is 2.62. The van der Waals surface area contributed by atoms with Gasteiger partial charge in [-0.15, -0.1) is 0 Å². The topological polar surface area (TPSA) is 129 Å². The lowest BCUT2D eigenvalue weighted by Gasteiger charge is -2.41. The fourth-order valence-corrected chi connectivity index (χ4v) is 9.29. The number of fused-ring (bicyclic) bond motifs is 1. The first-order valence-corrected chi connectivity index (χ1v) is 18.5. The van der Waals surface area contributed by atoms with E-state index in [1.165, 1.54) is 25.5 Å². The number of benzene rings is 3. The van der Waals surface area contributed by atoms with Crippen molar-refractivity contribution in [1.82, 2.24) is 19.7 Å². The van der Waals surface area contributed by atoms with Crippen molar-refractivity contribution in [2.45, 2.75) is 35.9 Å². The number of methoxy groups -OCH3 is 2. The number of carbonyl (C=O) groups excluding carboxylic acids is 1. The van der Waals surface area contributed by atoms with Crippen LogP contribution in [-0.2, 0) is 26.9 Å². The van der Waals surface area contributed by atoms with Gasteiger partial charge in [0, 0.05) is 62.0 Å². The second-order valence-corrected chi connectivity index (χ2v) is 14.9. The van der Waals surface area contributed by atoms with Crippen LogP contribution in [0.15, 0.2) is 82.4 Å². The number of carbonyl (C=O) groups is 1. The maximum absolute atomic E-state index is 15.5. The van der Waals surface area contributed by atoms with Crippen LogP contribution in [0.5, 0.6) is 11.5 Å². The molecule has 2 saturated heterocycles. The molecule has 50 heavy (non-hydrogen) atoms. The van der Waals surface area contributed by atoms with Crippen molar-refractivity contribution in [3.8, 4) is 11.5 Å². The first-order chi connectivity index (χ1) is 24.2. The van der Waals surface area contributed by atoms with Crippen molar-refractivity contribution in [3.05, 3.63) is 101 Å². The standard InChI is InChI=1S/C36H40ClN5O7S/c1-47-27-7-9-28(10-8-27)50(45,46)42-31-12-6-26(37)23-30(31)36(35(42)44,41-14-3-4-32(41)34-38-13-21-49-34)29-11-5-25(22-33(29)48-2)24-40-17-15-39(16-18-40)19-20-43/h5-13,21-23,32,43H,3-4,14-20,24H2,1-2H3/t32-,36?/m0/s1. The summed E-state index contributed by atoms with van der Waals surface area (Å²) in [4.78, 5) is 26.5. The number of hydrogen-bond donors (Lipinski definition) is 1. The molecule has 3 aromatic carbocycles. The van der Waals surface area contributed by atoms with Crippen LogP contribution in [-0.4, -0.2) is 99.2 Å². The summed E-state index contributed by atoms with van der Waals surface area (Å²) in [7, 11) is -1.36. The predicted octanol–water partition coefficient (Wildman–Crippen LogP) is 4.27. The van der Waals surface area contributed by atoms with Crippen molar-refractivity contribution >= 4 is 33.2 Å². The highest BCUT2D eigenvalue weighted by Crippen LogP contribution is 2.56. The number of nitrogens with zero attached hydrogens (tertiary/aromatic N) is 5. The van der Waals surface area contributed by atoms with Crippen LogP contribution in [0.3, 0.4) is 0 Å². The molecular formula is C36H40ClN5O7S. The molecule has 264 valence electrons. The van der Waals surface area contributed by atoms with Gasteiger partial charge in [0.1, 0.15) is 17.8 Å². The second-order valence-electron chi connectivity index (χ2n) is 12.7. The molecule has 3 aliphatic heterocycles. The number of hydrogen-bond acceptors (Lipinski definition) is 11. The van der Waals surface area contributed by atoms with E-state index in [4.69, 9.17) is 25.5 Å². The molecular weight excluding hydrogens is 682 g/mol. The zero-order valence-corrected chi connectivity index (χ0v) is 29.6. The van der Waals surface area contributed by atoms with Crippen molar-refractivity contribution in [3.63, 3.8) is 0 Å². The summed E-state index contributed by atoms with van der Waals surface area (Å²) in [6, 6.07) is 16.2. The van der Waals surface area contributed by atoms with Gasteiger partial charge in [-0.25, -0.2) is 17.7 Å². The highest BCUT2D eigenvalue weighted by molar-refractivity contribution is 7.93. The Kier molecular flexibility index (Phi) is 9.63. The first kappa shape index (κ1) is 34.5. The number of oxazole rings is 1. The molecule has 1 amide bonds. The van der Waals surface area contributed by atoms with Crippen molar-refractivity contribution < 1.29 is 32.2 Å². The SMILES string of the molecule is COc1ccc(S(=O)(=O)N2C(=O)C(c3ccc(CN4CCN(CCO)CC4)cc3OC)(N3CCC[C@H]3c3ncco3)c3cc(Cl)ccc32)cc1. The number of rotatable bonds is 11. The van der Waals surface area contributed by atoms with Gasteiger partial charge in [-0.2, -0.15) is 0 Å². The fraction of sp³-hybridized carbons (Fsp3) is 0.389. The first-order valence-electron chi connectivity index (χ1n) is 16.6. The van der Waals surface area contributed by atoms with Gasteiger partial charge in [0.2, 0.25) is 5.89 Å². The Labute approximate surface area is 296 Å². The molecule has 0 saturated carbocycles. The predicted molar refractivity (Wildman–Crippen MR) is 187 cm³/mol. The zero-order chi connectivity index (χ0) is 35.0. The number of ether oxygens (including phenoxy) is 2. The summed E-state index contributed by atoms with van der Waals surface area (Å²) in [5, 5.41) is 9.70. The zero-order valence-electron chi connectivity index (χ0n) is 28.0. The molecule has 2 fully saturated rings. The molecule has 14 heteroatoms. The van der Waals surface area contributed by atoms with E-state index in [9.17, 15) is 13.5 Å². The smallest absolute Gasteiger partial charge is 0.271 e. The Morgan fingerprint density at radius 2 is 1.72 bits per heavy atom. The summed E-state index contributed by atoms with van der Waals surface area (Å²) >= 11 is 6.68. The molecule has 0 aliphatic carbocycles. The van der Waals surface area contributed by atoms with Crippen LogP contribution in [0.4, 0.5) is 5.69 Å². The van der Waals surface area contributed by atoms with Crippen molar-refractivity contribution in [2.75, 3.05) is 64.4 Å². The fourth-order valence-electron chi connectivity index (χ4n) is 7.66. The van der Waals surface area contributed by atoms with Crippen LogP contribution < -0.4 is 13.8 Å². The van der Waals surface area contributed by atoms with Gasteiger partial charge in [0.05, 0.1) is 43.6 Å². The van der Waals surface area contributed by atoms with Gasteiger partial charge < -0.3 is 19.0 Å². The lowest BCUT2D eigenvalue weighted by molar-refractivity contribution is -0.127. The molecule has 7 rings (SSSR count). The third-order valence-electron chi connectivity index (χ3n) is 10.0. The van der Waals surface area contributed by atoms with Gasteiger partial charge in [0.15, 0.2) is 5.54 Å². The second kappa shape index (κ2) is 14.0. The Morgan fingerprint density at radius 3 is 2.40 bits per heavy atom. The number of aliphatic hydroxyl groups excluding tert-OH is 1. The lowest BCUT2D eigenvalue weighted by Crippen LogP contribution is -2.54. The molecule has 1 N–H and O–H groups in total. The third kappa shape index (κ3) is 5.85. The maximum Gasteiger partial charge on any atom is 0.271 e. The summed E-state index contributed by atoms with van der Waals surface area (Å²) in [6.45, 7) is 5.33. The van der Waals surface area contributed by atoms with E-state index in [0.29, 0.717) is 66.0 Å². The van der Waals surface area contributed by atoms with E-state index in [-0.39, 0.29) is 17.2 Å². The van der Waals surface area contributed by atoms with E-state index in [1.807, 2.05) is 23.1 Å². The summed E-state index contributed by atoms with van der Waals surface area (Å²) < 4.78 is 47.2. The third-order valence-corrected chi connectivity index (χ3v) is 12.0. The number of piperazine rings is 1. The molecule has 0 radical (unpaired) electrons. The monoisotopic (exact) mass is 721 g/mol. The van der Waals surface area contributed by atoms with E-state index in [1.54, 1.807) is 43.6 Å². The molecule has 0 spiro atoms. The largest absolute Gasteiger partial charge is 0.497 e. The number of aromatic nitrogens is 1. The minimum atomic E-state index is -4.42. The Morgan fingerprint density at radius 1 is 0.960 bits per heavy atom. The van der Waals surface area contributed by atoms with E-state index >= 15 is 4.79 Å². The number of halogens is 1. The molecule has 3 aliphatic rings. The van der Waals surface area contributed by atoms with E-state index < -0.39 is 27.5 Å². The number of sulfonamides is 1. The molecule has 4 heterocycles. The maximum atomic E-state index is 15.5. The molecule has 12 nitrogen and oxygen atoms in total. The van der Waals surface area contributed by atoms with E-state index in [2.05, 4.69) is 14.8 Å². The normalized spacial score (nSPS) is 21.9. The number of amides is 1. The average Bonchev–Trinajstić information content (AvgIpc) is 3.88. The molecule has 4 aromatic rings. The summed E-state index contributed by atoms with van der Waals surface area (Å²) in [5.74, 6) is 0.698. The summed E-state index contributed by atoms with van der Waals surface area (Å²) in [6.07, 6.45) is 4.42. The average molecular weight is 722 g/mol. The highest BCUT2D eigenvalue weighted by atomic mass is 35.5. The van der Waals surface area contributed by atoms with Gasteiger partial charge in [-0.1, -0.05) is 23.7 Å². The number of anilines is 1. The lowest BCUT2D eigenvalue weighted by atomic mass is 9.80. The van der Waals surface area contributed by atoms with Crippen molar-refractivity contribution in [1.29, 1.82) is 0 Å². The minimum Gasteiger partial charge on any atom is -0.497 e. The quantitative estimate of drug-likeness (QED) is 0.239. The van der Waals surface area contributed by atoms with Gasteiger partial charge in [-0.05, 0) is 66.9 Å². The Balaban J connectivity index is 1.38. The van der Waals surface area contributed by atoms with Crippen LogP contribution in [0, 0.1) is 0 Å². The molecule has 1 unspecified atom stereocenters. The minimum absolute atomic E-state index is 0.0598. The number of aliphatic hydroxyl groups is 1. The summed E-state index contributed by atoms with van der Waals surface area (Å²) in [5.41, 5.74) is 0.448. The van der Waals surface area contributed by atoms with Gasteiger partial charge >= 0.3 is 0 Å². The van der Waals surface area contributed by atoms with Crippen LogP contribution >= 0.6 is 11.6 Å². The van der Waals surface area contributed by atoms with Crippen molar-refractivity contribution in [2.24, 2.45) is 0 Å². The molecule has 0 bridgehead atoms. The van der Waals surface area contributed by atoms with Crippen LogP contribution in [0.2, 0.25) is 5.02 Å². The van der Waals surface area contributed by atoms with Crippen LogP contribution in [0.25, 0.3) is 0 Å². The van der Waals surface area contributed by atoms with Crippen LogP contribution in [0.1, 0.15) is 41.5 Å². The Hall–Kier alpha value is -3.98. The molecule has 1 aromatic heterocycles.